The molecule has 4 heterocycles. The third-order valence-corrected chi connectivity index (χ3v) is 6.27. The molecule has 162 valence electrons. The van der Waals surface area contributed by atoms with Crippen LogP contribution in [-0.2, 0) is 4.74 Å². The van der Waals surface area contributed by atoms with E-state index in [1.165, 1.54) is 0 Å². The zero-order chi connectivity index (χ0) is 21.4. The van der Waals surface area contributed by atoms with Crippen molar-refractivity contribution in [2.45, 2.75) is 57.6 Å². The van der Waals surface area contributed by atoms with Crippen molar-refractivity contribution in [3.63, 3.8) is 0 Å². The number of fused-ring (bicyclic) bond motifs is 2. The second kappa shape index (κ2) is 8.26. The molecule has 3 aromatic heterocycles. The molecular weight excluding hydrogens is 394 g/mol. The largest absolute Gasteiger partial charge is 0.376 e. The molecule has 0 spiro atoms. The van der Waals surface area contributed by atoms with E-state index in [1.54, 1.807) is 16.7 Å². The number of carbonyl (C=O) groups is 1. The fourth-order valence-corrected chi connectivity index (χ4v) is 4.56. The van der Waals surface area contributed by atoms with Crippen LogP contribution in [0.1, 0.15) is 54.4 Å². The van der Waals surface area contributed by atoms with Crippen molar-refractivity contribution in [2.75, 3.05) is 18.5 Å². The summed E-state index contributed by atoms with van der Waals surface area (Å²) in [5, 5.41) is 6.82. The van der Waals surface area contributed by atoms with Gasteiger partial charge >= 0.3 is 5.56 Å². The van der Waals surface area contributed by atoms with Gasteiger partial charge in [0, 0.05) is 25.3 Å². The minimum atomic E-state index is -0.194. The van der Waals surface area contributed by atoms with Crippen LogP contribution in [0.3, 0.4) is 0 Å². The molecule has 2 aliphatic rings. The van der Waals surface area contributed by atoms with Crippen molar-refractivity contribution in [1.82, 2.24) is 14.7 Å². The first-order valence-corrected chi connectivity index (χ1v) is 11.1. The first-order valence-electron chi connectivity index (χ1n) is 11.1. The number of anilines is 1. The highest BCUT2D eigenvalue weighted by Gasteiger charge is 2.26. The molecule has 31 heavy (non-hydrogen) atoms. The maximum atomic E-state index is 13.2. The molecule has 3 aromatic rings. The number of rotatable bonds is 5. The number of aromatic nitrogens is 3. The van der Waals surface area contributed by atoms with Crippen molar-refractivity contribution in [1.29, 1.82) is 0 Å². The lowest BCUT2D eigenvalue weighted by molar-refractivity contribution is -0.319. The van der Waals surface area contributed by atoms with Crippen LogP contribution in [0, 0.1) is 6.92 Å². The maximum Gasteiger partial charge on any atom is 0.325 e. The van der Waals surface area contributed by atoms with Crippen molar-refractivity contribution in [3.8, 4) is 0 Å². The number of hydrogen-bond donors (Lipinski definition) is 2. The number of nitrogens with one attached hydrogen (secondary N) is 3. The Morgan fingerprint density at radius 1 is 1.26 bits per heavy atom. The molecular formula is C23H28N5O3+. The van der Waals surface area contributed by atoms with Crippen molar-refractivity contribution < 1.29 is 14.5 Å². The molecule has 1 saturated heterocycles. The monoisotopic (exact) mass is 422 g/mol. The first kappa shape index (κ1) is 19.9. The highest BCUT2D eigenvalue weighted by molar-refractivity contribution is 6.01. The number of ether oxygens (including phenoxy) is 1. The van der Waals surface area contributed by atoms with Crippen LogP contribution in [0.2, 0.25) is 0 Å². The van der Waals surface area contributed by atoms with Gasteiger partial charge in [-0.2, -0.15) is 4.40 Å². The number of pyridine rings is 2. The lowest BCUT2D eigenvalue weighted by Crippen LogP contribution is -2.34. The predicted octanol–water partition coefficient (Wildman–Crippen LogP) is 2.23. The summed E-state index contributed by atoms with van der Waals surface area (Å²) >= 11 is 0. The van der Waals surface area contributed by atoms with Crippen molar-refractivity contribution >= 4 is 28.4 Å². The van der Waals surface area contributed by atoms with E-state index >= 15 is 0 Å². The van der Waals surface area contributed by atoms with Gasteiger partial charge in [-0.15, -0.1) is 0 Å². The highest BCUT2D eigenvalue weighted by Crippen LogP contribution is 2.22. The van der Waals surface area contributed by atoms with Crippen molar-refractivity contribution in [2.24, 2.45) is 0 Å². The van der Waals surface area contributed by atoms with Gasteiger partial charge in [-0.05, 0) is 50.3 Å². The van der Waals surface area contributed by atoms with Gasteiger partial charge in [0.15, 0.2) is 0 Å². The Balaban J connectivity index is 1.58. The van der Waals surface area contributed by atoms with E-state index in [-0.39, 0.29) is 23.6 Å². The SMILES string of the molecule is Cc1ccc2[nH+]c3nc(NC[C@@H]4CCCO4)c(C(=O)NC4CCCC4)cc3c(=O)n2c1. The molecule has 5 rings (SSSR count). The van der Waals surface area contributed by atoms with E-state index in [4.69, 9.17) is 4.74 Å². The number of hydrogen-bond acceptors (Lipinski definition) is 5. The smallest absolute Gasteiger partial charge is 0.325 e. The van der Waals surface area contributed by atoms with E-state index in [1.807, 2.05) is 19.1 Å². The number of nitrogens with zero attached hydrogens (tertiary/aromatic N) is 2. The molecule has 0 radical (unpaired) electrons. The molecule has 0 aromatic carbocycles. The number of aryl methyl sites for hydroxylation is 1. The Hall–Kier alpha value is -3.00. The fourth-order valence-electron chi connectivity index (χ4n) is 4.56. The first-order chi connectivity index (χ1) is 15.1. The molecule has 1 amide bonds. The molecule has 8 heteroatoms. The van der Waals surface area contributed by atoms with Crippen LogP contribution < -0.4 is 21.2 Å². The van der Waals surface area contributed by atoms with Gasteiger partial charge in [-0.1, -0.05) is 17.8 Å². The van der Waals surface area contributed by atoms with Crippen LogP contribution in [0.4, 0.5) is 5.82 Å². The number of amides is 1. The third kappa shape index (κ3) is 3.99. The topological polar surface area (TPSA) is 98.9 Å². The molecule has 8 nitrogen and oxygen atoms in total. The lowest BCUT2D eigenvalue weighted by atomic mass is 10.1. The van der Waals surface area contributed by atoms with Gasteiger partial charge in [-0.3, -0.25) is 4.79 Å². The second-order valence-electron chi connectivity index (χ2n) is 8.64. The van der Waals surface area contributed by atoms with E-state index in [9.17, 15) is 9.59 Å². The van der Waals surface area contributed by atoms with Gasteiger partial charge in [0.1, 0.15) is 10.9 Å². The third-order valence-electron chi connectivity index (χ3n) is 6.27. The van der Waals surface area contributed by atoms with Gasteiger partial charge in [-0.25, -0.2) is 9.78 Å². The van der Waals surface area contributed by atoms with Crippen LogP contribution >= 0.6 is 0 Å². The quantitative estimate of drug-likeness (QED) is 0.615. The average molecular weight is 423 g/mol. The summed E-state index contributed by atoms with van der Waals surface area (Å²) < 4.78 is 7.27. The van der Waals surface area contributed by atoms with E-state index in [0.29, 0.717) is 34.6 Å². The zero-order valence-corrected chi connectivity index (χ0v) is 17.7. The summed E-state index contributed by atoms with van der Waals surface area (Å²) in [7, 11) is 0. The highest BCUT2D eigenvalue weighted by atomic mass is 16.5. The Labute approximate surface area is 180 Å². The lowest BCUT2D eigenvalue weighted by Gasteiger charge is -2.15. The summed E-state index contributed by atoms with van der Waals surface area (Å²) in [4.78, 5) is 34.2. The summed E-state index contributed by atoms with van der Waals surface area (Å²) in [5.41, 5.74) is 2.30. The molecule has 0 unspecified atom stereocenters. The Morgan fingerprint density at radius 2 is 2.10 bits per heavy atom. The summed E-state index contributed by atoms with van der Waals surface area (Å²) in [5.74, 6) is 0.287. The van der Waals surface area contributed by atoms with Gasteiger partial charge < -0.3 is 15.4 Å². The van der Waals surface area contributed by atoms with Gasteiger partial charge in [0.25, 0.3) is 11.6 Å². The normalized spacial score (nSPS) is 19.3. The molecule has 1 aliphatic carbocycles. The van der Waals surface area contributed by atoms with Gasteiger partial charge in [0.2, 0.25) is 11.5 Å². The number of aromatic amines is 1. The predicted molar refractivity (Wildman–Crippen MR) is 117 cm³/mol. The Bertz CT molecular complexity index is 1190. The van der Waals surface area contributed by atoms with E-state index in [2.05, 4.69) is 20.6 Å². The molecule has 0 bridgehead atoms. The van der Waals surface area contributed by atoms with Crippen LogP contribution in [0.25, 0.3) is 16.7 Å². The summed E-state index contributed by atoms with van der Waals surface area (Å²) in [6.07, 6.45) is 8.17. The van der Waals surface area contributed by atoms with E-state index in [0.717, 1.165) is 50.7 Å². The standard InChI is InChI=1S/C23H27N5O3/c1-14-8-9-19-26-21-18(23(30)28(19)13-14)11-17(22(29)25-15-5-2-3-6-15)20(27-21)24-12-16-7-4-10-31-16/h8-9,11,13,15-16H,2-7,10,12H2,1H3,(H,24,27)(H,25,29)/p+1/t16-/m0/s1. The fraction of sp³-hybridized carbons (Fsp3) is 0.478. The Kier molecular flexibility index (Phi) is 5.31. The van der Waals surface area contributed by atoms with Crippen LogP contribution in [0.5, 0.6) is 0 Å². The summed E-state index contributed by atoms with van der Waals surface area (Å²) in [6.45, 7) is 3.28. The average Bonchev–Trinajstić information content (AvgIpc) is 3.47. The minimum absolute atomic E-state index is 0.109. The molecule has 1 atom stereocenters. The molecule has 1 saturated carbocycles. The Morgan fingerprint density at radius 3 is 2.87 bits per heavy atom. The van der Waals surface area contributed by atoms with Crippen LogP contribution in [0.15, 0.2) is 29.2 Å². The minimum Gasteiger partial charge on any atom is -0.376 e. The maximum absolute atomic E-state index is 13.2. The molecule has 2 fully saturated rings. The second-order valence-corrected chi connectivity index (χ2v) is 8.64. The number of H-pyrrole nitrogens is 1. The van der Waals surface area contributed by atoms with E-state index < -0.39 is 0 Å². The number of carbonyl (C=O) groups excluding carboxylic acids is 1. The molecule has 1 aliphatic heterocycles. The molecule has 3 N–H and O–H groups in total. The van der Waals surface area contributed by atoms with Crippen molar-refractivity contribution in [3.05, 3.63) is 45.9 Å². The van der Waals surface area contributed by atoms with Gasteiger partial charge in [0.05, 0.1) is 12.3 Å². The zero-order valence-electron chi connectivity index (χ0n) is 17.7. The summed E-state index contributed by atoms with van der Waals surface area (Å²) in [6, 6.07) is 5.65. The van der Waals surface area contributed by atoms with Crippen LogP contribution in [-0.4, -0.2) is 40.6 Å².